The zero-order valence-electron chi connectivity index (χ0n) is 17.5. The number of unbranched alkanes of at least 4 members (excludes halogenated alkanes) is 2. The molecule has 0 spiro atoms. The van der Waals surface area contributed by atoms with Gasteiger partial charge in [0.15, 0.2) is 0 Å². The Kier molecular flexibility index (Phi) is 9.05. The van der Waals surface area contributed by atoms with Gasteiger partial charge in [-0.25, -0.2) is 0 Å². The van der Waals surface area contributed by atoms with Crippen LogP contribution in [0.25, 0.3) is 10.6 Å². The zero-order chi connectivity index (χ0) is 21.2. The predicted molar refractivity (Wildman–Crippen MR) is 116 cm³/mol. The molecule has 2 amide bonds. The normalized spacial score (nSPS) is 12.8. The summed E-state index contributed by atoms with van der Waals surface area (Å²) in [6.07, 6.45) is 4.10. The minimum atomic E-state index is -0.599. The molecule has 1 aromatic heterocycles. The average Bonchev–Trinajstić information content (AvgIpc) is 3.20. The molecule has 0 fully saturated rings. The molecule has 158 valence electrons. The van der Waals surface area contributed by atoms with Crippen molar-refractivity contribution >= 4 is 28.3 Å². The van der Waals surface area contributed by atoms with Gasteiger partial charge >= 0.3 is 0 Å². The first-order valence-corrected chi connectivity index (χ1v) is 10.9. The molecule has 2 aromatic rings. The summed E-state index contributed by atoms with van der Waals surface area (Å²) in [7, 11) is 1.61. The van der Waals surface area contributed by atoms with Crippen molar-refractivity contribution in [2.24, 2.45) is 5.92 Å². The maximum absolute atomic E-state index is 12.8. The first-order valence-electron chi connectivity index (χ1n) is 10.1. The van der Waals surface area contributed by atoms with Gasteiger partial charge in [-0.05, 0) is 24.5 Å². The molecule has 0 radical (unpaired) electrons. The number of methoxy groups -OCH3 is 1. The lowest BCUT2D eigenvalue weighted by atomic mass is 9.98. The topological polar surface area (TPSA) is 93.2 Å². The summed E-state index contributed by atoms with van der Waals surface area (Å²) in [6.45, 7) is 6.05. The number of ether oxygens (including phenoxy) is 1. The van der Waals surface area contributed by atoms with Crippen LogP contribution in [0.4, 0.5) is 5.13 Å². The first kappa shape index (κ1) is 22.8. The monoisotopic (exact) mass is 418 g/mol. The molecule has 0 aliphatic rings. The molecule has 2 atom stereocenters. The fraction of sp³-hybridized carbons (Fsp3) is 0.524. The number of amides is 2. The number of benzene rings is 1. The molecule has 2 N–H and O–H groups in total. The second kappa shape index (κ2) is 11.5. The fourth-order valence-corrected chi connectivity index (χ4v) is 3.56. The zero-order valence-corrected chi connectivity index (χ0v) is 18.3. The number of hydrogen-bond acceptors (Lipinski definition) is 6. The van der Waals surface area contributed by atoms with Crippen molar-refractivity contribution in [2.75, 3.05) is 12.4 Å². The van der Waals surface area contributed by atoms with E-state index in [2.05, 4.69) is 27.8 Å². The standard InChI is InChI=1S/C21H30N4O3S/c1-5-7-8-12-17(26)22-18(14(3)6-2)19(27)23-21-25-24-20(29-21)15-10-9-11-16(13-15)28-4/h9-11,13-14,18H,5-8,12H2,1-4H3,(H,22,26)(H,23,25,27)/t14-,18+/m0/s1. The Morgan fingerprint density at radius 1 is 1.21 bits per heavy atom. The molecule has 0 aliphatic heterocycles. The number of nitrogens with one attached hydrogen (secondary N) is 2. The summed E-state index contributed by atoms with van der Waals surface area (Å²) in [5.41, 5.74) is 0.866. The van der Waals surface area contributed by atoms with Crippen LogP contribution in [0.5, 0.6) is 5.75 Å². The van der Waals surface area contributed by atoms with E-state index in [0.717, 1.165) is 37.0 Å². The Bertz CT molecular complexity index is 809. The van der Waals surface area contributed by atoms with E-state index in [1.165, 1.54) is 11.3 Å². The highest BCUT2D eigenvalue weighted by Gasteiger charge is 2.26. The minimum absolute atomic E-state index is 0.0101. The van der Waals surface area contributed by atoms with E-state index in [0.29, 0.717) is 16.6 Å². The second-order valence-corrected chi connectivity index (χ2v) is 8.00. The van der Waals surface area contributed by atoms with Crippen LogP contribution in [0.15, 0.2) is 24.3 Å². The highest BCUT2D eigenvalue weighted by molar-refractivity contribution is 7.18. The first-order chi connectivity index (χ1) is 14.0. The van der Waals surface area contributed by atoms with Crippen molar-refractivity contribution in [2.45, 2.75) is 58.9 Å². The second-order valence-electron chi connectivity index (χ2n) is 7.02. The van der Waals surface area contributed by atoms with Crippen LogP contribution >= 0.6 is 11.3 Å². The van der Waals surface area contributed by atoms with Crippen LogP contribution in [0, 0.1) is 5.92 Å². The van der Waals surface area contributed by atoms with E-state index in [-0.39, 0.29) is 17.7 Å². The van der Waals surface area contributed by atoms with Gasteiger partial charge in [0.25, 0.3) is 0 Å². The molecule has 2 rings (SSSR count). The minimum Gasteiger partial charge on any atom is -0.497 e. The summed E-state index contributed by atoms with van der Waals surface area (Å²) < 4.78 is 5.24. The molecule has 7 nitrogen and oxygen atoms in total. The summed E-state index contributed by atoms with van der Waals surface area (Å²) in [4.78, 5) is 25.0. The number of aromatic nitrogens is 2. The molecule has 1 aromatic carbocycles. The summed E-state index contributed by atoms with van der Waals surface area (Å²) in [5, 5.41) is 15.0. The molecule has 0 aliphatic carbocycles. The van der Waals surface area contributed by atoms with Crippen molar-refractivity contribution in [1.29, 1.82) is 0 Å². The Morgan fingerprint density at radius 3 is 2.69 bits per heavy atom. The van der Waals surface area contributed by atoms with E-state index < -0.39 is 6.04 Å². The van der Waals surface area contributed by atoms with Gasteiger partial charge in [0, 0.05) is 12.0 Å². The van der Waals surface area contributed by atoms with Gasteiger partial charge in [-0.3, -0.25) is 14.9 Å². The van der Waals surface area contributed by atoms with E-state index in [4.69, 9.17) is 4.74 Å². The summed E-state index contributed by atoms with van der Waals surface area (Å²) in [6, 6.07) is 6.91. The molecule has 0 unspecified atom stereocenters. The van der Waals surface area contributed by atoms with Gasteiger partial charge in [0.05, 0.1) is 7.11 Å². The molecule has 1 heterocycles. The van der Waals surface area contributed by atoms with Crippen molar-refractivity contribution < 1.29 is 14.3 Å². The lowest BCUT2D eigenvalue weighted by Crippen LogP contribution is -2.47. The smallest absolute Gasteiger partial charge is 0.249 e. The number of anilines is 1. The van der Waals surface area contributed by atoms with Crippen LogP contribution in [0.3, 0.4) is 0 Å². The average molecular weight is 419 g/mol. The highest BCUT2D eigenvalue weighted by atomic mass is 32.1. The number of carbonyl (C=O) groups excluding carboxylic acids is 2. The lowest BCUT2D eigenvalue weighted by Gasteiger charge is -2.23. The van der Waals surface area contributed by atoms with Gasteiger partial charge in [0.1, 0.15) is 16.8 Å². The maximum atomic E-state index is 12.8. The fourth-order valence-electron chi connectivity index (χ4n) is 2.81. The van der Waals surface area contributed by atoms with Gasteiger partial charge in [-0.15, -0.1) is 10.2 Å². The van der Waals surface area contributed by atoms with Crippen LogP contribution < -0.4 is 15.4 Å². The van der Waals surface area contributed by atoms with Gasteiger partial charge < -0.3 is 10.1 Å². The van der Waals surface area contributed by atoms with Crippen molar-refractivity contribution in [3.05, 3.63) is 24.3 Å². The van der Waals surface area contributed by atoms with E-state index >= 15 is 0 Å². The Morgan fingerprint density at radius 2 is 2.00 bits per heavy atom. The number of carbonyl (C=O) groups is 2. The third-order valence-corrected chi connectivity index (χ3v) is 5.68. The largest absolute Gasteiger partial charge is 0.497 e. The van der Waals surface area contributed by atoms with Gasteiger partial charge in [-0.1, -0.05) is 63.5 Å². The summed E-state index contributed by atoms with van der Waals surface area (Å²) in [5.74, 6) is 0.381. The third-order valence-electron chi connectivity index (χ3n) is 4.79. The van der Waals surface area contributed by atoms with Crippen molar-refractivity contribution in [1.82, 2.24) is 15.5 Å². The van der Waals surface area contributed by atoms with E-state index in [1.54, 1.807) is 7.11 Å². The van der Waals surface area contributed by atoms with Gasteiger partial charge in [0.2, 0.25) is 16.9 Å². The molecule has 0 bridgehead atoms. The Hall–Kier alpha value is -2.48. The SMILES string of the molecule is CCCCCC(=O)N[C@@H](C(=O)Nc1nnc(-c2cccc(OC)c2)s1)[C@@H](C)CC. The van der Waals surface area contributed by atoms with E-state index in [1.807, 2.05) is 38.1 Å². The van der Waals surface area contributed by atoms with Gasteiger partial charge in [-0.2, -0.15) is 0 Å². The van der Waals surface area contributed by atoms with Crippen molar-refractivity contribution in [3.63, 3.8) is 0 Å². The maximum Gasteiger partial charge on any atom is 0.249 e. The number of rotatable bonds is 11. The molecule has 0 saturated heterocycles. The molecular weight excluding hydrogens is 388 g/mol. The number of hydrogen-bond donors (Lipinski definition) is 2. The molecule has 0 saturated carbocycles. The molecule has 8 heteroatoms. The van der Waals surface area contributed by atoms with Crippen molar-refractivity contribution in [3.8, 4) is 16.3 Å². The quantitative estimate of drug-likeness (QED) is 0.532. The molecule has 29 heavy (non-hydrogen) atoms. The van der Waals surface area contributed by atoms with E-state index in [9.17, 15) is 9.59 Å². The predicted octanol–water partition coefficient (Wildman–Crippen LogP) is 4.26. The Labute approximate surface area is 176 Å². The Balaban J connectivity index is 2.05. The molecular formula is C21H30N4O3S. The number of nitrogens with zero attached hydrogens (tertiary/aromatic N) is 2. The lowest BCUT2D eigenvalue weighted by molar-refractivity contribution is -0.127. The van der Waals surface area contributed by atoms with Crippen LogP contribution in [0.1, 0.15) is 52.9 Å². The van der Waals surface area contributed by atoms with Crippen LogP contribution in [0.2, 0.25) is 0 Å². The summed E-state index contributed by atoms with van der Waals surface area (Å²) >= 11 is 1.28. The highest BCUT2D eigenvalue weighted by Crippen LogP contribution is 2.29. The third kappa shape index (κ3) is 6.81. The van der Waals surface area contributed by atoms with Crippen LogP contribution in [-0.4, -0.2) is 35.2 Å². The van der Waals surface area contributed by atoms with Crippen LogP contribution in [-0.2, 0) is 9.59 Å².